The van der Waals surface area contributed by atoms with Gasteiger partial charge in [-0.05, 0) is 44.4 Å². The number of amides is 1. The molecule has 1 aromatic carbocycles. The lowest BCUT2D eigenvalue weighted by Gasteiger charge is -2.19. The zero-order chi connectivity index (χ0) is 21.5. The number of carbonyl (C=O) groups excluding carboxylic acids is 1. The number of anilines is 1. The topological polar surface area (TPSA) is 104 Å². The summed E-state index contributed by atoms with van der Waals surface area (Å²) in [6.07, 6.45) is 4.52. The molecule has 2 N–H and O–H groups in total. The minimum atomic E-state index is -0.154. The lowest BCUT2D eigenvalue weighted by atomic mass is 10.2. The number of nitriles is 1. The van der Waals surface area contributed by atoms with E-state index in [4.69, 9.17) is 0 Å². The molecule has 1 fully saturated rings. The molecule has 158 valence electrons. The molecule has 0 saturated heterocycles. The Bertz CT molecular complexity index is 1330. The summed E-state index contributed by atoms with van der Waals surface area (Å²) in [5, 5.41) is 20.7. The van der Waals surface area contributed by atoms with Crippen molar-refractivity contribution < 1.29 is 4.79 Å². The van der Waals surface area contributed by atoms with Gasteiger partial charge in [0.25, 0.3) is 0 Å². The second-order valence-electron chi connectivity index (χ2n) is 7.96. The summed E-state index contributed by atoms with van der Waals surface area (Å²) in [5.74, 6) is 1.32. The van der Waals surface area contributed by atoms with Gasteiger partial charge in [-0.15, -0.1) is 5.10 Å². The number of nitrogens with zero attached hydrogens (tertiary/aromatic N) is 5. The van der Waals surface area contributed by atoms with Gasteiger partial charge in [-0.25, -0.2) is 10.1 Å². The van der Waals surface area contributed by atoms with Crippen LogP contribution in [0.25, 0.3) is 16.8 Å². The quantitative estimate of drug-likeness (QED) is 0.456. The first-order chi connectivity index (χ1) is 15.1. The number of hydrogen-bond acceptors (Lipinski definition) is 5. The Labute approximate surface area is 183 Å². The maximum Gasteiger partial charge on any atom is 0.235 e. The van der Waals surface area contributed by atoms with E-state index in [1.165, 1.54) is 24.6 Å². The summed E-state index contributed by atoms with van der Waals surface area (Å²) < 4.78 is 4.09. The third-order valence-corrected chi connectivity index (χ3v) is 7.09. The van der Waals surface area contributed by atoms with E-state index in [0.717, 1.165) is 35.1 Å². The van der Waals surface area contributed by atoms with E-state index in [9.17, 15) is 10.1 Å². The Morgan fingerprint density at radius 1 is 1.32 bits per heavy atom. The zero-order valence-corrected chi connectivity index (χ0v) is 18.3. The standard InChI is InChI=1S/C22H23N7OS/c1-13-14(2)28(15-7-3-4-8-15)20(16(13)11-23)25-19(30)12-31-22-27-26-21-24-17-9-5-6-10-18(17)29(21)22/h5-6,9-10,15H,3-4,7-8,12H2,1-2H3,(H,24,26)(H,25,30). The molecule has 1 aliphatic rings. The van der Waals surface area contributed by atoms with Crippen molar-refractivity contribution in [3.05, 3.63) is 41.1 Å². The van der Waals surface area contributed by atoms with Crippen LogP contribution in [0.5, 0.6) is 0 Å². The van der Waals surface area contributed by atoms with Gasteiger partial charge in [0.2, 0.25) is 11.7 Å². The molecule has 0 spiro atoms. The van der Waals surface area contributed by atoms with Crippen molar-refractivity contribution in [2.75, 3.05) is 11.1 Å². The van der Waals surface area contributed by atoms with E-state index in [-0.39, 0.29) is 11.7 Å². The minimum Gasteiger partial charge on any atom is -0.327 e. The largest absolute Gasteiger partial charge is 0.327 e. The number of imidazole rings is 1. The highest BCUT2D eigenvalue weighted by Gasteiger charge is 2.26. The number of carbonyl (C=O) groups is 1. The summed E-state index contributed by atoms with van der Waals surface area (Å²) in [4.78, 5) is 17.4. The van der Waals surface area contributed by atoms with Crippen LogP contribution in [-0.4, -0.2) is 35.8 Å². The smallest absolute Gasteiger partial charge is 0.235 e. The van der Waals surface area contributed by atoms with Gasteiger partial charge in [-0.2, -0.15) is 5.26 Å². The third kappa shape index (κ3) is 3.27. The minimum absolute atomic E-state index is 0.154. The van der Waals surface area contributed by atoms with Crippen molar-refractivity contribution in [3.8, 4) is 6.07 Å². The fraction of sp³-hybridized carbons (Fsp3) is 0.364. The van der Waals surface area contributed by atoms with E-state index in [2.05, 4.69) is 31.1 Å². The summed E-state index contributed by atoms with van der Waals surface area (Å²) >= 11 is 1.34. The molecular formula is C22H23N7OS. The van der Waals surface area contributed by atoms with Crippen molar-refractivity contribution in [1.29, 1.82) is 5.26 Å². The van der Waals surface area contributed by atoms with Gasteiger partial charge in [0.15, 0.2) is 5.16 Å². The van der Waals surface area contributed by atoms with E-state index in [1.807, 2.05) is 42.5 Å². The maximum atomic E-state index is 12.9. The van der Waals surface area contributed by atoms with Gasteiger partial charge in [-0.3, -0.25) is 9.20 Å². The number of H-pyrrole nitrogens is 1. The Morgan fingerprint density at radius 3 is 2.87 bits per heavy atom. The molecule has 3 aromatic heterocycles. The predicted octanol–water partition coefficient (Wildman–Crippen LogP) is 4.35. The fourth-order valence-corrected chi connectivity index (χ4v) is 5.30. The number of para-hydroxylation sites is 2. The molecule has 1 saturated carbocycles. The number of hydrogen-bond donors (Lipinski definition) is 2. The van der Waals surface area contributed by atoms with Crippen LogP contribution >= 0.6 is 11.8 Å². The summed E-state index contributed by atoms with van der Waals surface area (Å²) in [5.41, 5.74) is 4.38. The van der Waals surface area contributed by atoms with E-state index >= 15 is 0 Å². The second-order valence-corrected chi connectivity index (χ2v) is 8.90. The Hall–Kier alpha value is -3.25. The van der Waals surface area contributed by atoms with E-state index < -0.39 is 0 Å². The fourth-order valence-electron chi connectivity index (χ4n) is 4.54. The van der Waals surface area contributed by atoms with E-state index in [1.54, 1.807) is 0 Å². The highest BCUT2D eigenvalue weighted by atomic mass is 32.2. The Morgan fingerprint density at radius 2 is 2.10 bits per heavy atom. The molecule has 3 heterocycles. The number of nitrogens with one attached hydrogen (secondary N) is 2. The molecule has 9 heteroatoms. The molecular weight excluding hydrogens is 410 g/mol. The Balaban J connectivity index is 1.39. The molecule has 31 heavy (non-hydrogen) atoms. The highest BCUT2D eigenvalue weighted by Crippen LogP contribution is 2.37. The predicted molar refractivity (Wildman–Crippen MR) is 120 cm³/mol. The van der Waals surface area contributed by atoms with Crippen LogP contribution in [0.3, 0.4) is 0 Å². The van der Waals surface area contributed by atoms with Crippen LogP contribution in [0.4, 0.5) is 5.82 Å². The van der Waals surface area contributed by atoms with Gasteiger partial charge in [-0.1, -0.05) is 36.7 Å². The molecule has 0 aliphatic heterocycles. The van der Waals surface area contributed by atoms with Crippen molar-refractivity contribution >= 4 is 40.3 Å². The molecule has 0 bridgehead atoms. The average Bonchev–Trinajstić information content (AvgIpc) is 3.52. The molecule has 0 atom stereocenters. The number of rotatable bonds is 5. The highest BCUT2D eigenvalue weighted by molar-refractivity contribution is 7.99. The summed E-state index contributed by atoms with van der Waals surface area (Å²) in [6, 6.07) is 10.5. The molecule has 1 aliphatic carbocycles. The molecule has 1 amide bonds. The van der Waals surface area contributed by atoms with Gasteiger partial charge in [0.1, 0.15) is 11.9 Å². The van der Waals surface area contributed by atoms with Crippen LogP contribution in [0.2, 0.25) is 0 Å². The van der Waals surface area contributed by atoms with Crippen molar-refractivity contribution in [2.24, 2.45) is 0 Å². The van der Waals surface area contributed by atoms with Crippen LogP contribution in [0, 0.1) is 25.2 Å². The summed E-state index contributed by atoms with van der Waals surface area (Å²) in [7, 11) is 0. The number of benzene rings is 1. The first kappa shape index (κ1) is 19.7. The monoisotopic (exact) mass is 433 g/mol. The number of thioether (sulfide) groups is 1. The summed E-state index contributed by atoms with van der Waals surface area (Å²) in [6.45, 7) is 3.98. The SMILES string of the molecule is Cc1c(C#N)c(NC(=O)CSc2n[nH]c3nc4ccccc4n23)n(C2CCCC2)c1C. The van der Waals surface area contributed by atoms with Gasteiger partial charge < -0.3 is 9.88 Å². The van der Waals surface area contributed by atoms with Crippen molar-refractivity contribution in [2.45, 2.75) is 50.7 Å². The first-order valence-electron chi connectivity index (χ1n) is 10.4. The molecule has 4 aromatic rings. The normalized spacial score (nSPS) is 14.5. The third-order valence-electron chi connectivity index (χ3n) is 6.15. The molecule has 0 unspecified atom stereocenters. The number of aromatic amines is 1. The Kier molecular flexibility index (Phi) is 4.94. The van der Waals surface area contributed by atoms with Crippen molar-refractivity contribution in [1.82, 2.24) is 24.1 Å². The number of aromatic nitrogens is 5. The van der Waals surface area contributed by atoms with Crippen LogP contribution < -0.4 is 5.32 Å². The molecule has 5 rings (SSSR count). The van der Waals surface area contributed by atoms with Crippen LogP contribution in [0.15, 0.2) is 29.4 Å². The lowest BCUT2D eigenvalue weighted by molar-refractivity contribution is -0.113. The first-order valence-corrected chi connectivity index (χ1v) is 11.4. The van der Waals surface area contributed by atoms with Crippen LogP contribution in [-0.2, 0) is 4.79 Å². The van der Waals surface area contributed by atoms with Crippen LogP contribution in [0.1, 0.15) is 48.5 Å². The molecule has 0 radical (unpaired) electrons. The van der Waals surface area contributed by atoms with Crippen molar-refractivity contribution in [3.63, 3.8) is 0 Å². The average molecular weight is 434 g/mol. The zero-order valence-electron chi connectivity index (χ0n) is 17.5. The van der Waals surface area contributed by atoms with Gasteiger partial charge in [0.05, 0.1) is 22.3 Å². The van der Waals surface area contributed by atoms with Gasteiger partial charge >= 0.3 is 0 Å². The second kappa shape index (κ2) is 7.78. The maximum absolute atomic E-state index is 12.9. The molecule has 8 nitrogen and oxygen atoms in total. The van der Waals surface area contributed by atoms with Gasteiger partial charge in [0, 0.05) is 11.7 Å². The van der Waals surface area contributed by atoms with E-state index in [0.29, 0.717) is 28.4 Å². The number of fused-ring (bicyclic) bond motifs is 3. The lowest BCUT2D eigenvalue weighted by Crippen LogP contribution is -2.20.